The molecule has 3 aromatic carbocycles. The Bertz CT molecular complexity index is 1280. The molecule has 1 atom stereocenters. The Morgan fingerprint density at radius 3 is 2.00 bits per heavy atom. The Labute approximate surface area is 218 Å². The van der Waals surface area contributed by atoms with Gasteiger partial charge in [0.1, 0.15) is 18.4 Å². The second-order valence-electron chi connectivity index (χ2n) is 9.12. The first kappa shape index (κ1) is 27.9. The highest BCUT2D eigenvalue weighted by molar-refractivity contribution is 7.92. The Morgan fingerprint density at radius 2 is 1.43 bits per heavy atom. The van der Waals surface area contributed by atoms with Gasteiger partial charge in [-0.3, -0.25) is 13.9 Å². The molecule has 0 aromatic heterocycles. The van der Waals surface area contributed by atoms with Crippen LogP contribution in [-0.2, 0) is 26.2 Å². The first-order valence-corrected chi connectivity index (χ1v) is 13.5. The summed E-state index contributed by atoms with van der Waals surface area (Å²) in [6.45, 7) is 5.53. The predicted molar refractivity (Wildman–Crippen MR) is 142 cm³/mol. The zero-order valence-corrected chi connectivity index (χ0v) is 22.0. The SMILES string of the molecule is CC(C)CNC(=O)[C@@H](C)N(Cc1ccccc1)C(=O)CN(c1ccc(F)cc1)S(=O)(=O)c1ccccc1. The summed E-state index contributed by atoms with van der Waals surface area (Å²) in [4.78, 5) is 28.0. The van der Waals surface area contributed by atoms with E-state index in [4.69, 9.17) is 0 Å². The summed E-state index contributed by atoms with van der Waals surface area (Å²) in [5.41, 5.74) is 0.925. The quantitative estimate of drug-likeness (QED) is 0.406. The normalized spacial score (nSPS) is 12.1. The van der Waals surface area contributed by atoms with Crippen molar-refractivity contribution in [3.05, 3.63) is 96.3 Å². The number of amides is 2. The van der Waals surface area contributed by atoms with E-state index < -0.39 is 34.3 Å². The molecule has 0 radical (unpaired) electrons. The van der Waals surface area contributed by atoms with Crippen molar-refractivity contribution >= 4 is 27.5 Å². The third-order valence-electron chi connectivity index (χ3n) is 5.77. The second kappa shape index (κ2) is 12.5. The standard InChI is InChI=1S/C28H32FN3O4S/c1-21(2)18-30-28(34)22(3)31(19-23-10-6-4-7-11-23)27(33)20-32(25-16-14-24(29)15-17-25)37(35,36)26-12-8-5-9-13-26/h4-17,21-22H,18-20H2,1-3H3,(H,30,34)/t22-/m1/s1. The smallest absolute Gasteiger partial charge is 0.264 e. The van der Waals surface area contributed by atoms with E-state index in [1.165, 1.54) is 29.2 Å². The number of nitrogens with one attached hydrogen (secondary N) is 1. The molecule has 0 aliphatic rings. The van der Waals surface area contributed by atoms with E-state index in [-0.39, 0.29) is 29.0 Å². The molecule has 0 unspecified atom stereocenters. The van der Waals surface area contributed by atoms with Crippen LogP contribution in [0.2, 0.25) is 0 Å². The van der Waals surface area contributed by atoms with E-state index in [0.29, 0.717) is 6.54 Å². The van der Waals surface area contributed by atoms with Crippen molar-refractivity contribution in [3.63, 3.8) is 0 Å². The maximum atomic E-state index is 13.7. The minimum absolute atomic E-state index is 0.00976. The van der Waals surface area contributed by atoms with Crippen molar-refractivity contribution in [3.8, 4) is 0 Å². The van der Waals surface area contributed by atoms with Gasteiger partial charge in [0, 0.05) is 13.1 Å². The van der Waals surface area contributed by atoms with Crippen LogP contribution in [0.4, 0.5) is 10.1 Å². The highest BCUT2D eigenvalue weighted by atomic mass is 32.2. The number of sulfonamides is 1. The molecule has 37 heavy (non-hydrogen) atoms. The molecule has 0 spiro atoms. The summed E-state index contributed by atoms with van der Waals surface area (Å²) in [7, 11) is -4.17. The molecule has 2 amide bonds. The summed E-state index contributed by atoms with van der Waals surface area (Å²) in [5.74, 6) is -1.22. The lowest BCUT2D eigenvalue weighted by atomic mass is 10.1. The first-order valence-electron chi connectivity index (χ1n) is 12.0. The van der Waals surface area contributed by atoms with Gasteiger partial charge in [0.2, 0.25) is 11.8 Å². The van der Waals surface area contributed by atoms with Crippen molar-refractivity contribution in [2.45, 2.75) is 38.3 Å². The van der Waals surface area contributed by atoms with Crippen molar-refractivity contribution in [1.82, 2.24) is 10.2 Å². The highest BCUT2D eigenvalue weighted by Gasteiger charge is 2.32. The molecule has 0 aliphatic heterocycles. The van der Waals surface area contributed by atoms with E-state index in [2.05, 4.69) is 5.32 Å². The molecule has 196 valence electrons. The van der Waals surface area contributed by atoms with Crippen LogP contribution in [0.3, 0.4) is 0 Å². The molecule has 0 fully saturated rings. The maximum Gasteiger partial charge on any atom is 0.264 e. The summed E-state index contributed by atoms with van der Waals surface area (Å²) in [6, 6.07) is 20.9. The topological polar surface area (TPSA) is 86.8 Å². The molecule has 3 rings (SSSR count). The van der Waals surface area contributed by atoms with Crippen LogP contribution in [0.15, 0.2) is 89.8 Å². The number of rotatable bonds is 11. The van der Waals surface area contributed by atoms with Crippen molar-refractivity contribution in [1.29, 1.82) is 0 Å². The molecule has 1 N–H and O–H groups in total. The van der Waals surface area contributed by atoms with Gasteiger partial charge in [0.15, 0.2) is 0 Å². The number of anilines is 1. The minimum atomic E-state index is -4.17. The van der Waals surface area contributed by atoms with Crippen molar-refractivity contribution in [2.75, 3.05) is 17.4 Å². The van der Waals surface area contributed by atoms with Crippen molar-refractivity contribution < 1.29 is 22.4 Å². The van der Waals surface area contributed by atoms with Gasteiger partial charge in [-0.2, -0.15) is 0 Å². The van der Waals surface area contributed by atoms with Crippen LogP contribution in [0, 0.1) is 11.7 Å². The van der Waals surface area contributed by atoms with Crippen LogP contribution in [0.5, 0.6) is 0 Å². The fourth-order valence-corrected chi connectivity index (χ4v) is 5.11. The molecule has 0 saturated heterocycles. The van der Waals surface area contributed by atoms with Gasteiger partial charge in [0.25, 0.3) is 10.0 Å². The average Bonchev–Trinajstić information content (AvgIpc) is 2.90. The number of carbonyl (C=O) groups is 2. The van der Waals surface area contributed by atoms with Crippen LogP contribution in [0.25, 0.3) is 0 Å². The fraction of sp³-hybridized carbons (Fsp3) is 0.286. The van der Waals surface area contributed by atoms with Crippen LogP contribution < -0.4 is 9.62 Å². The number of hydrogen-bond acceptors (Lipinski definition) is 4. The Kier molecular flexibility index (Phi) is 9.41. The van der Waals surface area contributed by atoms with Gasteiger partial charge < -0.3 is 10.2 Å². The Balaban J connectivity index is 1.97. The number of benzene rings is 3. The first-order chi connectivity index (χ1) is 17.6. The summed E-state index contributed by atoms with van der Waals surface area (Å²) < 4.78 is 41.8. The van der Waals surface area contributed by atoms with Gasteiger partial charge in [0.05, 0.1) is 10.6 Å². The van der Waals surface area contributed by atoms with Crippen molar-refractivity contribution in [2.24, 2.45) is 5.92 Å². The maximum absolute atomic E-state index is 13.7. The van der Waals surface area contributed by atoms with Gasteiger partial charge in [-0.25, -0.2) is 12.8 Å². The Morgan fingerprint density at radius 1 is 0.865 bits per heavy atom. The predicted octanol–water partition coefficient (Wildman–Crippen LogP) is 4.21. The van der Waals surface area contributed by atoms with E-state index in [1.54, 1.807) is 25.1 Å². The lowest BCUT2D eigenvalue weighted by Crippen LogP contribution is -2.51. The molecule has 0 bridgehead atoms. The fourth-order valence-electron chi connectivity index (χ4n) is 3.67. The van der Waals surface area contributed by atoms with E-state index in [9.17, 15) is 22.4 Å². The summed E-state index contributed by atoms with van der Waals surface area (Å²) in [5, 5.41) is 2.84. The van der Waals surface area contributed by atoms with Gasteiger partial charge in [-0.1, -0.05) is 62.4 Å². The van der Waals surface area contributed by atoms with Gasteiger partial charge >= 0.3 is 0 Å². The number of carbonyl (C=O) groups excluding carboxylic acids is 2. The summed E-state index contributed by atoms with van der Waals surface area (Å²) >= 11 is 0. The molecule has 7 nitrogen and oxygen atoms in total. The third-order valence-corrected chi connectivity index (χ3v) is 7.56. The Hall–Kier alpha value is -3.72. The third kappa shape index (κ3) is 7.39. The van der Waals surface area contributed by atoms with Crippen LogP contribution in [0.1, 0.15) is 26.3 Å². The van der Waals surface area contributed by atoms with E-state index >= 15 is 0 Å². The largest absolute Gasteiger partial charge is 0.354 e. The molecule has 0 heterocycles. The molecule has 0 saturated carbocycles. The van der Waals surface area contributed by atoms with E-state index in [1.807, 2.05) is 44.2 Å². The lowest BCUT2D eigenvalue weighted by molar-refractivity contribution is -0.139. The van der Waals surface area contributed by atoms with Gasteiger partial charge in [-0.15, -0.1) is 0 Å². The average molecular weight is 526 g/mol. The zero-order chi connectivity index (χ0) is 27.0. The minimum Gasteiger partial charge on any atom is -0.354 e. The molecule has 0 aliphatic carbocycles. The monoisotopic (exact) mass is 525 g/mol. The lowest BCUT2D eigenvalue weighted by Gasteiger charge is -2.32. The molecular weight excluding hydrogens is 493 g/mol. The van der Waals surface area contributed by atoms with Gasteiger partial charge in [-0.05, 0) is 54.8 Å². The molecule has 3 aromatic rings. The molecule has 9 heteroatoms. The van der Waals surface area contributed by atoms with Crippen LogP contribution >= 0.6 is 0 Å². The highest BCUT2D eigenvalue weighted by Crippen LogP contribution is 2.24. The number of nitrogens with zero attached hydrogens (tertiary/aromatic N) is 2. The zero-order valence-electron chi connectivity index (χ0n) is 21.2. The van der Waals surface area contributed by atoms with Crippen LogP contribution in [-0.4, -0.2) is 44.3 Å². The number of hydrogen-bond donors (Lipinski definition) is 1. The van der Waals surface area contributed by atoms with E-state index in [0.717, 1.165) is 22.0 Å². The second-order valence-corrected chi connectivity index (χ2v) is 11.0. The summed E-state index contributed by atoms with van der Waals surface area (Å²) in [6.07, 6.45) is 0. The number of halogens is 1. The molecular formula is C28H32FN3O4S.